The third kappa shape index (κ3) is 6.07. The summed E-state index contributed by atoms with van der Waals surface area (Å²) in [5.41, 5.74) is 1.13. The summed E-state index contributed by atoms with van der Waals surface area (Å²) in [6, 6.07) is 15.0. The minimum atomic E-state index is -0.829. The Labute approximate surface area is 214 Å². The number of anilines is 2. The number of hydrogen-bond donors (Lipinski definition) is 1. The average molecular weight is 508 g/mol. The van der Waals surface area contributed by atoms with Crippen LogP contribution in [0.2, 0.25) is 0 Å². The number of ether oxygens (including phenoxy) is 3. The van der Waals surface area contributed by atoms with Crippen LogP contribution >= 0.6 is 0 Å². The summed E-state index contributed by atoms with van der Waals surface area (Å²) in [6.45, 7) is 6.86. The molecule has 3 aromatic carbocycles. The second-order valence-corrected chi connectivity index (χ2v) is 9.04. The van der Waals surface area contributed by atoms with E-state index in [1.54, 1.807) is 24.3 Å². The van der Waals surface area contributed by atoms with Crippen molar-refractivity contribution in [2.75, 3.05) is 76.0 Å². The third-order valence-corrected chi connectivity index (χ3v) is 6.62. The smallest absolute Gasteiger partial charge is 0.296 e. The third-order valence-electron chi connectivity index (χ3n) is 6.62. The van der Waals surface area contributed by atoms with Gasteiger partial charge < -0.3 is 24.4 Å². The molecule has 0 spiro atoms. The lowest BCUT2D eigenvalue weighted by Gasteiger charge is -2.29. The number of benzene rings is 3. The molecule has 2 saturated heterocycles. The molecule has 2 fully saturated rings. The number of rotatable bonds is 8. The van der Waals surface area contributed by atoms with Gasteiger partial charge in [-0.15, -0.1) is 0 Å². The van der Waals surface area contributed by atoms with Crippen molar-refractivity contribution in [3.63, 3.8) is 0 Å². The largest absolute Gasteiger partial charge is 0.492 e. The first-order chi connectivity index (χ1) is 18.1. The van der Waals surface area contributed by atoms with Gasteiger partial charge in [-0.05, 0) is 35.7 Å². The van der Waals surface area contributed by atoms with E-state index in [4.69, 9.17) is 14.2 Å². The van der Waals surface area contributed by atoms with Crippen molar-refractivity contribution in [1.82, 2.24) is 4.90 Å². The van der Waals surface area contributed by atoms with E-state index in [1.165, 1.54) is 12.1 Å². The fraction of sp³-hybridized carbons (Fsp3) is 0.357. The van der Waals surface area contributed by atoms with E-state index in [0.29, 0.717) is 49.7 Å². The van der Waals surface area contributed by atoms with Crippen molar-refractivity contribution >= 4 is 33.8 Å². The number of ketones is 1. The Morgan fingerprint density at radius 2 is 1.59 bits per heavy atom. The zero-order valence-electron chi connectivity index (χ0n) is 20.6. The van der Waals surface area contributed by atoms with Crippen LogP contribution in [0.1, 0.15) is 10.4 Å². The van der Waals surface area contributed by atoms with Crippen LogP contribution in [0.3, 0.4) is 0 Å². The molecule has 0 atom stereocenters. The van der Waals surface area contributed by atoms with Gasteiger partial charge in [0, 0.05) is 55.0 Å². The first-order valence-corrected chi connectivity index (χ1v) is 12.5. The first-order valence-electron chi connectivity index (χ1n) is 12.5. The lowest BCUT2D eigenvalue weighted by molar-refractivity contribution is -0.112. The summed E-state index contributed by atoms with van der Waals surface area (Å²) in [6.07, 6.45) is 0. The van der Waals surface area contributed by atoms with Crippen LogP contribution in [0.15, 0.2) is 54.6 Å². The van der Waals surface area contributed by atoms with E-state index in [1.807, 2.05) is 23.1 Å². The van der Waals surface area contributed by atoms with Crippen molar-refractivity contribution in [2.45, 2.75) is 0 Å². The molecule has 9 heteroatoms. The highest BCUT2D eigenvalue weighted by Crippen LogP contribution is 2.29. The summed E-state index contributed by atoms with van der Waals surface area (Å²) in [5, 5.41) is 3.96. The van der Waals surface area contributed by atoms with Crippen LogP contribution in [0.5, 0.6) is 5.75 Å². The van der Waals surface area contributed by atoms with E-state index in [2.05, 4.69) is 10.2 Å². The van der Waals surface area contributed by atoms with Gasteiger partial charge >= 0.3 is 0 Å². The minimum Gasteiger partial charge on any atom is -0.492 e. The van der Waals surface area contributed by atoms with Gasteiger partial charge in [-0.25, -0.2) is 4.39 Å². The second-order valence-electron chi connectivity index (χ2n) is 9.04. The SMILES string of the molecule is O=C(Nc1cc(F)cc(N2CCOCC2)c1)C(=O)c1ccc(OCCN2CCOCC2)c2ccccc12. The molecule has 2 aliphatic rings. The van der Waals surface area contributed by atoms with Gasteiger partial charge in [0.15, 0.2) is 0 Å². The van der Waals surface area contributed by atoms with Crippen molar-refractivity contribution < 1.29 is 28.2 Å². The molecule has 0 aromatic heterocycles. The molecular weight excluding hydrogens is 477 g/mol. The zero-order chi connectivity index (χ0) is 25.6. The molecule has 8 nitrogen and oxygen atoms in total. The van der Waals surface area contributed by atoms with Gasteiger partial charge in [0.05, 0.1) is 26.4 Å². The Balaban J connectivity index is 1.30. The number of nitrogens with zero attached hydrogens (tertiary/aromatic N) is 2. The van der Waals surface area contributed by atoms with E-state index in [-0.39, 0.29) is 11.3 Å². The quantitative estimate of drug-likeness (QED) is 0.370. The van der Waals surface area contributed by atoms with Crippen LogP contribution in [0, 0.1) is 5.82 Å². The Hall–Kier alpha value is -3.53. The number of halogens is 1. The predicted octanol–water partition coefficient (Wildman–Crippen LogP) is 3.35. The molecule has 0 radical (unpaired) electrons. The molecule has 0 unspecified atom stereocenters. The maximum Gasteiger partial charge on any atom is 0.296 e. The molecule has 37 heavy (non-hydrogen) atoms. The van der Waals surface area contributed by atoms with E-state index < -0.39 is 17.5 Å². The van der Waals surface area contributed by atoms with Crippen LogP contribution in [0.25, 0.3) is 10.8 Å². The molecular formula is C28H30FN3O5. The normalized spacial score (nSPS) is 16.5. The number of Topliss-reactive ketones (excluding diaryl/α,β-unsaturated/α-hetero) is 1. The maximum absolute atomic E-state index is 14.3. The predicted molar refractivity (Wildman–Crippen MR) is 139 cm³/mol. The van der Waals surface area contributed by atoms with Crippen molar-refractivity contribution in [2.24, 2.45) is 0 Å². The van der Waals surface area contributed by atoms with Crippen LogP contribution in [0.4, 0.5) is 15.8 Å². The van der Waals surface area contributed by atoms with Gasteiger partial charge in [0.2, 0.25) is 0 Å². The number of carbonyl (C=O) groups is 2. The summed E-state index contributed by atoms with van der Waals surface area (Å²) in [7, 11) is 0. The van der Waals surface area contributed by atoms with Crippen molar-refractivity contribution in [1.29, 1.82) is 0 Å². The molecule has 0 saturated carbocycles. The maximum atomic E-state index is 14.3. The van der Waals surface area contributed by atoms with E-state index in [9.17, 15) is 14.0 Å². The topological polar surface area (TPSA) is 80.3 Å². The number of carbonyl (C=O) groups excluding carboxylic acids is 2. The number of morpholine rings is 2. The summed E-state index contributed by atoms with van der Waals surface area (Å²) < 4.78 is 31.1. The number of amides is 1. The van der Waals surface area contributed by atoms with Gasteiger partial charge in [-0.2, -0.15) is 0 Å². The standard InChI is InChI=1S/C28H30FN3O5/c29-20-17-21(19-22(18-20)32-10-14-36-15-11-32)30-28(34)27(33)25-5-6-26(24-4-2-1-3-23(24)25)37-16-9-31-7-12-35-13-8-31/h1-6,17-19H,7-16H2,(H,30,34). The lowest BCUT2D eigenvalue weighted by atomic mass is 10.00. The average Bonchev–Trinajstić information content (AvgIpc) is 2.93. The van der Waals surface area contributed by atoms with Crippen LogP contribution < -0.4 is 15.0 Å². The van der Waals surface area contributed by atoms with Gasteiger partial charge in [-0.1, -0.05) is 24.3 Å². The molecule has 2 aliphatic heterocycles. The first kappa shape index (κ1) is 25.1. The molecule has 0 aliphatic carbocycles. The Morgan fingerprint density at radius 3 is 2.35 bits per heavy atom. The summed E-state index contributed by atoms with van der Waals surface area (Å²) in [5.74, 6) is -1.37. The number of hydrogen-bond acceptors (Lipinski definition) is 7. The zero-order valence-corrected chi connectivity index (χ0v) is 20.6. The summed E-state index contributed by atoms with van der Waals surface area (Å²) >= 11 is 0. The molecule has 1 amide bonds. The van der Waals surface area contributed by atoms with Gasteiger partial charge in [0.1, 0.15) is 18.2 Å². The van der Waals surface area contributed by atoms with E-state index >= 15 is 0 Å². The molecule has 1 N–H and O–H groups in total. The molecule has 2 heterocycles. The van der Waals surface area contributed by atoms with Crippen molar-refractivity contribution in [3.8, 4) is 5.75 Å². The fourth-order valence-electron chi connectivity index (χ4n) is 4.67. The van der Waals surface area contributed by atoms with E-state index in [0.717, 1.165) is 38.2 Å². The van der Waals surface area contributed by atoms with Crippen LogP contribution in [-0.4, -0.2) is 82.3 Å². The Bertz CT molecular complexity index is 1270. The highest BCUT2D eigenvalue weighted by Gasteiger charge is 2.21. The summed E-state index contributed by atoms with van der Waals surface area (Å²) in [4.78, 5) is 30.4. The van der Waals surface area contributed by atoms with Gasteiger partial charge in [0.25, 0.3) is 11.7 Å². The molecule has 194 valence electrons. The monoisotopic (exact) mass is 507 g/mol. The highest BCUT2D eigenvalue weighted by molar-refractivity contribution is 6.48. The minimum absolute atomic E-state index is 0.229. The van der Waals surface area contributed by atoms with Crippen LogP contribution in [-0.2, 0) is 14.3 Å². The van der Waals surface area contributed by atoms with Gasteiger partial charge in [-0.3, -0.25) is 14.5 Å². The molecule has 5 rings (SSSR count). The lowest BCUT2D eigenvalue weighted by Crippen LogP contribution is -2.38. The second kappa shape index (κ2) is 11.7. The Kier molecular flexibility index (Phi) is 7.93. The highest BCUT2D eigenvalue weighted by atomic mass is 19.1. The number of nitrogens with one attached hydrogen (secondary N) is 1. The fourth-order valence-corrected chi connectivity index (χ4v) is 4.67. The number of fused-ring (bicyclic) bond motifs is 1. The Morgan fingerprint density at radius 1 is 0.892 bits per heavy atom. The molecule has 3 aromatic rings. The van der Waals surface area contributed by atoms with Crippen molar-refractivity contribution in [3.05, 3.63) is 66.0 Å². The molecule has 0 bridgehead atoms.